The maximum atomic E-state index is 12.1. The molecule has 1 unspecified atom stereocenters. The van der Waals surface area contributed by atoms with Gasteiger partial charge in [0.2, 0.25) is 5.91 Å². The van der Waals surface area contributed by atoms with E-state index in [0.717, 1.165) is 37.2 Å². The molecule has 100 valence electrons. The SMILES string of the molecule is O=C1Cc2ccc(C(=O)NC3CCCNC3)cc2N1. The fourth-order valence-corrected chi connectivity index (χ4v) is 2.60. The second kappa shape index (κ2) is 5.01. The van der Waals surface area contributed by atoms with Gasteiger partial charge < -0.3 is 16.0 Å². The molecule has 1 saturated heterocycles. The summed E-state index contributed by atoms with van der Waals surface area (Å²) in [4.78, 5) is 23.4. The standard InChI is InChI=1S/C14H17N3O2/c18-13-7-9-3-4-10(6-12(9)17-13)14(19)16-11-2-1-5-15-8-11/h3-4,6,11,15H,1-2,5,7-8H2,(H,16,19)(H,17,18). The predicted octanol–water partition coefficient (Wildman–Crippen LogP) is 0.663. The summed E-state index contributed by atoms with van der Waals surface area (Å²) >= 11 is 0. The van der Waals surface area contributed by atoms with E-state index in [1.165, 1.54) is 0 Å². The number of fused-ring (bicyclic) bond motifs is 1. The third kappa shape index (κ3) is 2.61. The van der Waals surface area contributed by atoms with E-state index in [-0.39, 0.29) is 17.9 Å². The Morgan fingerprint density at radius 2 is 2.26 bits per heavy atom. The average Bonchev–Trinajstić information content (AvgIpc) is 2.78. The van der Waals surface area contributed by atoms with Crippen LogP contribution in [0.3, 0.4) is 0 Å². The van der Waals surface area contributed by atoms with Gasteiger partial charge >= 0.3 is 0 Å². The number of hydrogen-bond acceptors (Lipinski definition) is 3. The van der Waals surface area contributed by atoms with Gasteiger partial charge in [0.25, 0.3) is 5.91 Å². The minimum Gasteiger partial charge on any atom is -0.348 e. The molecule has 19 heavy (non-hydrogen) atoms. The quantitative estimate of drug-likeness (QED) is 0.731. The Kier molecular flexibility index (Phi) is 3.21. The number of benzene rings is 1. The van der Waals surface area contributed by atoms with Crippen molar-refractivity contribution in [3.63, 3.8) is 0 Å². The summed E-state index contributed by atoms with van der Waals surface area (Å²) in [5.74, 6) is -0.0818. The molecule has 0 aromatic heterocycles. The lowest BCUT2D eigenvalue weighted by Gasteiger charge is -2.23. The van der Waals surface area contributed by atoms with Crippen LogP contribution in [0.15, 0.2) is 18.2 Å². The highest BCUT2D eigenvalue weighted by Gasteiger charge is 2.20. The molecule has 0 spiro atoms. The Balaban J connectivity index is 1.70. The van der Waals surface area contributed by atoms with Gasteiger partial charge in [-0.3, -0.25) is 9.59 Å². The van der Waals surface area contributed by atoms with Gasteiger partial charge in [0.1, 0.15) is 0 Å². The molecule has 5 nitrogen and oxygen atoms in total. The number of carbonyl (C=O) groups is 2. The summed E-state index contributed by atoms with van der Waals surface area (Å²) in [7, 11) is 0. The molecule has 3 rings (SSSR count). The normalized spacial score (nSPS) is 21.7. The van der Waals surface area contributed by atoms with Crippen LogP contribution in [0.2, 0.25) is 0 Å². The number of carbonyl (C=O) groups excluding carboxylic acids is 2. The number of nitrogens with one attached hydrogen (secondary N) is 3. The van der Waals surface area contributed by atoms with Crippen LogP contribution < -0.4 is 16.0 Å². The maximum Gasteiger partial charge on any atom is 0.251 e. The molecule has 2 aliphatic rings. The van der Waals surface area contributed by atoms with Gasteiger partial charge in [-0.1, -0.05) is 6.07 Å². The number of rotatable bonds is 2. The van der Waals surface area contributed by atoms with E-state index in [9.17, 15) is 9.59 Å². The fraction of sp³-hybridized carbons (Fsp3) is 0.429. The summed E-state index contributed by atoms with van der Waals surface area (Å²) < 4.78 is 0. The van der Waals surface area contributed by atoms with Gasteiger partial charge in [-0.05, 0) is 37.1 Å². The molecule has 2 heterocycles. The van der Waals surface area contributed by atoms with E-state index in [1.807, 2.05) is 6.07 Å². The minimum absolute atomic E-state index is 0.0101. The monoisotopic (exact) mass is 259 g/mol. The fourth-order valence-electron chi connectivity index (χ4n) is 2.60. The van der Waals surface area contributed by atoms with Crippen LogP contribution in [0.4, 0.5) is 5.69 Å². The van der Waals surface area contributed by atoms with Crippen molar-refractivity contribution in [3.8, 4) is 0 Å². The highest BCUT2D eigenvalue weighted by molar-refractivity contribution is 6.02. The molecule has 2 amide bonds. The summed E-state index contributed by atoms with van der Waals surface area (Å²) in [5, 5.41) is 9.06. The third-order valence-corrected chi connectivity index (χ3v) is 3.63. The highest BCUT2D eigenvalue weighted by atomic mass is 16.2. The van der Waals surface area contributed by atoms with Crippen molar-refractivity contribution in [2.45, 2.75) is 25.3 Å². The van der Waals surface area contributed by atoms with Crippen LogP contribution in [0.1, 0.15) is 28.8 Å². The number of anilines is 1. The molecule has 0 aliphatic carbocycles. The van der Waals surface area contributed by atoms with Gasteiger partial charge in [-0.2, -0.15) is 0 Å². The highest BCUT2D eigenvalue weighted by Crippen LogP contribution is 2.24. The first-order chi connectivity index (χ1) is 9.22. The van der Waals surface area contributed by atoms with E-state index in [1.54, 1.807) is 12.1 Å². The summed E-state index contributed by atoms with van der Waals surface area (Å²) in [6, 6.07) is 5.58. The van der Waals surface area contributed by atoms with Crippen molar-refractivity contribution >= 4 is 17.5 Å². The van der Waals surface area contributed by atoms with Gasteiger partial charge in [-0.15, -0.1) is 0 Å². The second-order valence-corrected chi connectivity index (χ2v) is 5.11. The zero-order valence-electron chi connectivity index (χ0n) is 10.7. The molecule has 1 atom stereocenters. The molecule has 5 heteroatoms. The van der Waals surface area contributed by atoms with Crippen molar-refractivity contribution in [1.82, 2.24) is 10.6 Å². The van der Waals surface area contributed by atoms with Gasteiger partial charge in [0, 0.05) is 23.8 Å². The number of piperidine rings is 1. The largest absolute Gasteiger partial charge is 0.348 e. The lowest BCUT2D eigenvalue weighted by molar-refractivity contribution is -0.115. The maximum absolute atomic E-state index is 12.1. The molecule has 0 bridgehead atoms. The average molecular weight is 259 g/mol. The molecule has 0 radical (unpaired) electrons. The molecular formula is C14H17N3O2. The summed E-state index contributed by atoms with van der Waals surface area (Å²) in [6.07, 6.45) is 2.51. The second-order valence-electron chi connectivity index (χ2n) is 5.11. The van der Waals surface area contributed by atoms with Gasteiger partial charge in [-0.25, -0.2) is 0 Å². The van der Waals surface area contributed by atoms with E-state index in [2.05, 4.69) is 16.0 Å². The van der Waals surface area contributed by atoms with Gasteiger partial charge in [0.05, 0.1) is 6.42 Å². The first-order valence-corrected chi connectivity index (χ1v) is 6.67. The van der Waals surface area contributed by atoms with Crippen LogP contribution in [-0.2, 0) is 11.2 Å². The van der Waals surface area contributed by atoms with Crippen LogP contribution in [0, 0.1) is 0 Å². The summed E-state index contributed by atoms with van der Waals surface area (Å²) in [5.41, 5.74) is 2.33. The Morgan fingerprint density at radius 3 is 3.05 bits per heavy atom. The topological polar surface area (TPSA) is 70.2 Å². The molecular weight excluding hydrogens is 242 g/mol. The first kappa shape index (κ1) is 12.2. The number of amides is 2. The zero-order chi connectivity index (χ0) is 13.2. The van der Waals surface area contributed by atoms with Crippen LogP contribution in [0.5, 0.6) is 0 Å². The van der Waals surface area contributed by atoms with Crippen molar-refractivity contribution < 1.29 is 9.59 Å². The Bertz CT molecular complexity index is 521. The predicted molar refractivity (Wildman–Crippen MR) is 72.1 cm³/mol. The van der Waals surface area contributed by atoms with E-state index in [0.29, 0.717) is 12.0 Å². The van der Waals surface area contributed by atoms with E-state index < -0.39 is 0 Å². The molecule has 1 aromatic carbocycles. The lowest BCUT2D eigenvalue weighted by Crippen LogP contribution is -2.45. The molecule has 1 fully saturated rings. The Labute approximate surface area is 111 Å². The third-order valence-electron chi connectivity index (χ3n) is 3.63. The van der Waals surface area contributed by atoms with E-state index >= 15 is 0 Å². The van der Waals surface area contributed by atoms with Crippen LogP contribution in [-0.4, -0.2) is 30.9 Å². The van der Waals surface area contributed by atoms with Crippen molar-refractivity contribution in [2.75, 3.05) is 18.4 Å². The van der Waals surface area contributed by atoms with Crippen molar-refractivity contribution in [3.05, 3.63) is 29.3 Å². The smallest absolute Gasteiger partial charge is 0.251 e. The molecule has 1 aromatic rings. The molecule has 3 N–H and O–H groups in total. The number of hydrogen-bond donors (Lipinski definition) is 3. The first-order valence-electron chi connectivity index (χ1n) is 6.67. The van der Waals surface area contributed by atoms with Gasteiger partial charge in [0.15, 0.2) is 0 Å². The Hall–Kier alpha value is -1.88. The molecule has 0 saturated carbocycles. The van der Waals surface area contributed by atoms with Crippen LogP contribution in [0.25, 0.3) is 0 Å². The Morgan fingerprint density at radius 1 is 1.37 bits per heavy atom. The van der Waals surface area contributed by atoms with Crippen molar-refractivity contribution in [2.24, 2.45) is 0 Å². The lowest BCUT2D eigenvalue weighted by atomic mass is 10.1. The molecule has 2 aliphatic heterocycles. The van der Waals surface area contributed by atoms with Crippen molar-refractivity contribution in [1.29, 1.82) is 0 Å². The zero-order valence-corrected chi connectivity index (χ0v) is 10.7. The minimum atomic E-state index is -0.0716. The van der Waals surface area contributed by atoms with Crippen LogP contribution >= 0.6 is 0 Å². The summed E-state index contributed by atoms with van der Waals surface area (Å²) in [6.45, 7) is 1.85. The van der Waals surface area contributed by atoms with E-state index in [4.69, 9.17) is 0 Å².